The quantitative estimate of drug-likeness (QED) is 0.501. The molecule has 0 radical (unpaired) electrons. The van der Waals surface area contributed by atoms with Gasteiger partial charge in [0.1, 0.15) is 11.6 Å². The van der Waals surface area contributed by atoms with Crippen molar-refractivity contribution in [3.63, 3.8) is 0 Å². The number of benzene rings is 2. The maximum atomic E-state index is 14.6. The van der Waals surface area contributed by atoms with Crippen LogP contribution in [0.4, 0.5) is 4.39 Å². The topological polar surface area (TPSA) is 66.8 Å². The van der Waals surface area contributed by atoms with Gasteiger partial charge in [0.15, 0.2) is 0 Å². The van der Waals surface area contributed by atoms with E-state index in [1.807, 2.05) is 0 Å². The number of carbonyl (C=O) groups is 2. The molecule has 0 aromatic heterocycles. The van der Waals surface area contributed by atoms with Crippen LogP contribution in [-0.2, 0) is 14.3 Å². The molecule has 0 bridgehead atoms. The summed E-state index contributed by atoms with van der Waals surface area (Å²) >= 11 is 0. The molecule has 1 N–H and O–H groups in total. The van der Waals surface area contributed by atoms with Gasteiger partial charge in [-0.1, -0.05) is 48.5 Å². The van der Waals surface area contributed by atoms with Crippen molar-refractivity contribution in [3.8, 4) is 0 Å². The van der Waals surface area contributed by atoms with Crippen molar-refractivity contribution in [1.29, 1.82) is 0 Å². The molecule has 2 aliphatic heterocycles. The van der Waals surface area contributed by atoms with Crippen LogP contribution in [0.1, 0.15) is 30.0 Å². The molecule has 2 saturated heterocycles. The maximum Gasteiger partial charge on any atom is 0.295 e. The summed E-state index contributed by atoms with van der Waals surface area (Å²) in [4.78, 5) is 26.9. The van der Waals surface area contributed by atoms with E-state index in [1.54, 1.807) is 42.5 Å². The van der Waals surface area contributed by atoms with Crippen molar-refractivity contribution in [2.75, 3.05) is 13.2 Å². The number of nitrogens with zero attached hydrogens (tertiary/aromatic N) is 1. The predicted molar refractivity (Wildman–Crippen MR) is 101 cm³/mol. The second-order valence-corrected chi connectivity index (χ2v) is 6.97. The number of hydrogen-bond donors (Lipinski definition) is 1. The molecular formula is C22H20FNO4. The molecular weight excluding hydrogens is 361 g/mol. The van der Waals surface area contributed by atoms with Crippen LogP contribution >= 0.6 is 0 Å². The van der Waals surface area contributed by atoms with Gasteiger partial charge in [0.2, 0.25) is 0 Å². The van der Waals surface area contributed by atoms with Gasteiger partial charge in [-0.2, -0.15) is 0 Å². The van der Waals surface area contributed by atoms with Crippen molar-refractivity contribution in [2.45, 2.75) is 25.0 Å². The molecule has 2 fully saturated rings. The first-order chi connectivity index (χ1) is 13.6. The third-order valence-electron chi connectivity index (χ3n) is 5.21. The standard InChI is InChI=1S/C22H20FNO4/c23-17-11-5-4-10-16(17)19-18(20(25)14-7-2-1-3-8-14)21(26)22(27)24(19)13-15-9-6-12-28-15/h1-5,7-8,10-11,15,19,25H,6,9,12-13H2/t15-,19-/m0/s1. The molecule has 5 nitrogen and oxygen atoms in total. The van der Waals surface area contributed by atoms with Crippen LogP contribution in [0.15, 0.2) is 60.2 Å². The van der Waals surface area contributed by atoms with E-state index in [0.29, 0.717) is 12.2 Å². The highest BCUT2D eigenvalue weighted by atomic mass is 19.1. The number of amides is 1. The molecule has 2 aliphatic rings. The molecule has 1 amide bonds. The molecule has 2 heterocycles. The van der Waals surface area contributed by atoms with E-state index >= 15 is 0 Å². The average Bonchev–Trinajstić information content (AvgIpc) is 3.31. The summed E-state index contributed by atoms with van der Waals surface area (Å²) < 4.78 is 20.3. The Morgan fingerprint density at radius 2 is 1.82 bits per heavy atom. The Kier molecular flexibility index (Phi) is 4.96. The van der Waals surface area contributed by atoms with E-state index in [-0.39, 0.29) is 29.5 Å². The molecule has 0 saturated carbocycles. The van der Waals surface area contributed by atoms with Crippen LogP contribution in [0.5, 0.6) is 0 Å². The Morgan fingerprint density at radius 1 is 1.11 bits per heavy atom. The molecule has 0 spiro atoms. The van der Waals surface area contributed by atoms with Gasteiger partial charge in [-0.25, -0.2) is 4.39 Å². The predicted octanol–water partition coefficient (Wildman–Crippen LogP) is 3.43. The number of aliphatic hydroxyl groups excluding tert-OH is 1. The van der Waals surface area contributed by atoms with E-state index in [0.717, 1.165) is 12.8 Å². The normalized spacial score (nSPS) is 24.1. The van der Waals surface area contributed by atoms with E-state index < -0.39 is 23.5 Å². The number of Topliss-reactive ketones (excluding diaryl/α,β-unsaturated/α-hetero) is 1. The number of ketones is 1. The van der Waals surface area contributed by atoms with Gasteiger partial charge in [-0.05, 0) is 18.9 Å². The van der Waals surface area contributed by atoms with Gasteiger partial charge in [-0.15, -0.1) is 0 Å². The van der Waals surface area contributed by atoms with Crippen molar-refractivity contribution in [2.24, 2.45) is 0 Å². The van der Waals surface area contributed by atoms with Gasteiger partial charge in [0, 0.05) is 24.3 Å². The summed E-state index contributed by atoms with van der Waals surface area (Å²) in [6.45, 7) is 0.776. The van der Waals surface area contributed by atoms with Crippen molar-refractivity contribution < 1.29 is 23.8 Å². The number of hydrogen-bond acceptors (Lipinski definition) is 4. The summed E-state index contributed by atoms with van der Waals surface area (Å²) in [5, 5.41) is 10.8. The molecule has 4 rings (SSSR count). The van der Waals surface area contributed by atoms with Crippen LogP contribution in [0.2, 0.25) is 0 Å². The molecule has 6 heteroatoms. The zero-order chi connectivity index (χ0) is 19.7. The minimum Gasteiger partial charge on any atom is -0.507 e. The maximum absolute atomic E-state index is 14.6. The number of halogens is 1. The lowest BCUT2D eigenvalue weighted by molar-refractivity contribution is -0.140. The lowest BCUT2D eigenvalue weighted by atomic mass is 9.95. The fraction of sp³-hybridized carbons (Fsp3) is 0.273. The molecule has 0 aliphatic carbocycles. The monoisotopic (exact) mass is 381 g/mol. The zero-order valence-electron chi connectivity index (χ0n) is 15.2. The zero-order valence-corrected chi connectivity index (χ0v) is 15.2. The van der Waals surface area contributed by atoms with Crippen LogP contribution < -0.4 is 0 Å². The highest BCUT2D eigenvalue weighted by Gasteiger charge is 2.47. The van der Waals surface area contributed by atoms with E-state index in [4.69, 9.17) is 4.74 Å². The van der Waals surface area contributed by atoms with Gasteiger partial charge >= 0.3 is 0 Å². The van der Waals surface area contributed by atoms with Crippen LogP contribution in [0.25, 0.3) is 5.76 Å². The first-order valence-corrected chi connectivity index (χ1v) is 9.28. The number of aliphatic hydroxyl groups is 1. The smallest absolute Gasteiger partial charge is 0.295 e. The minimum atomic E-state index is -0.995. The molecule has 2 aromatic rings. The fourth-order valence-electron chi connectivity index (χ4n) is 3.85. The SMILES string of the molecule is O=C1C(=O)N(C[C@@H]2CCCO2)[C@@H](c2ccccc2F)C1=C(O)c1ccccc1. The third kappa shape index (κ3) is 3.20. The minimum absolute atomic E-state index is 0.0979. The Labute approximate surface area is 162 Å². The van der Waals surface area contributed by atoms with E-state index in [9.17, 15) is 19.1 Å². The van der Waals surface area contributed by atoms with Gasteiger partial charge in [0.25, 0.3) is 11.7 Å². The summed E-state index contributed by atoms with van der Waals surface area (Å²) in [7, 11) is 0. The summed E-state index contributed by atoms with van der Waals surface area (Å²) in [6, 6.07) is 13.5. The van der Waals surface area contributed by atoms with E-state index in [2.05, 4.69) is 0 Å². The van der Waals surface area contributed by atoms with Crippen LogP contribution in [0, 0.1) is 5.82 Å². The van der Waals surface area contributed by atoms with Gasteiger partial charge in [0.05, 0.1) is 17.7 Å². The molecule has 0 unspecified atom stereocenters. The lowest BCUT2D eigenvalue weighted by Crippen LogP contribution is -2.36. The Morgan fingerprint density at radius 3 is 2.50 bits per heavy atom. The second-order valence-electron chi connectivity index (χ2n) is 6.97. The first-order valence-electron chi connectivity index (χ1n) is 9.28. The van der Waals surface area contributed by atoms with Crippen molar-refractivity contribution in [1.82, 2.24) is 4.90 Å². The summed E-state index contributed by atoms with van der Waals surface area (Å²) in [5.74, 6) is -2.40. The highest BCUT2D eigenvalue weighted by molar-refractivity contribution is 6.46. The first kappa shape index (κ1) is 18.4. The number of likely N-dealkylation sites (tertiary alicyclic amines) is 1. The van der Waals surface area contributed by atoms with Crippen molar-refractivity contribution in [3.05, 3.63) is 77.1 Å². The largest absolute Gasteiger partial charge is 0.507 e. The highest BCUT2D eigenvalue weighted by Crippen LogP contribution is 2.40. The molecule has 28 heavy (non-hydrogen) atoms. The van der Waals surface area contributed by atoms with Gasteiger partial charge in [-0.3, -0.25) is 9.59 Å². The number of rotatable bonds is 4. The molecule has 2 atom stereocenters. The van der Waals surface area contributed by atoms with Crippen molar-refractivity contribution >= 4 is 17.4 Å². The second kappa shape index (κ2) is 7.56. The Balaban J connectivity index is 1.84. The van der Waals surface area contributed by atoms with Gasteiger partial charge < -0.3 is 14.7 Å². The number of ether oxygens (including phenoxy) is 1. The Hall–Kier alpha value is -2.99. The number of carbonyl (C=O) groups excluding carboxylic acids is 2. The lowest BCUT2D eigenvalue weighted by Gasteiger charge is -2.27. The third-order valence-corrected chi connectivity index (χ3v) is 5.21. The van der Waals surface area contributed by atoms with E-state index in [1.165, 1.54) is 17.0 Å². The molecule has 2 aromatic carbocycles. The summed E-state index contributed by atoms with van der Waals surface area (Å²) in [5.41, 5.74) is 0.482. The molecule has 144 valence electrons. The average molecular weight is 381 g/mol. The fourth-order valence-corrected chi connectivity index (χ4v) is 3.85. The summed E-state index contributed by atoms with van der Waals surface area (Å²) in [6.07, 6.45) is 1.44. The van der Waals surface area contributed by atoms with Crippen LogP contribution in [-0.4, -0.2) is 41.0 Å². The Bertz CT molecular complexity index is 935. The van der Waals surface area contributed by atoms with Crippen LogP contribution in [0.3, 0.4) is 0 Å².